The van der Waals surface area contributed by atoms with Crippen molar-refractivity contribution in [1.82, 2.24) is 4.90 Å². The van der Waals surface area contributed by atoms with Crippen LogP contribution in [0, 0.1) is 0 Å². The average molecular weight is 262 g/mol. The first kappa shape index (κ1) is 11.8. The van der Waals surface area contributed by atoms with Crippen LogP contribution in [0.3, 0.4) is 0 Å². The van der Waals surface area contributed by atoms with Crippen LogP contribution in [0.2, 0.25) is 5.02 Å². The molecule has 2 bridgehead atoms. The highest BCUT2D eigenvalue weighted by atomic mass is 35.5. The standard InChI is InChI=1S/C15H16ClNO/c16-14-7-2-1-4-11(14)10-15(18)17-12-5-3-6-13(17)9-8-12/h1-5,7,12-13H,6,8-10H2/t12-,13-/m0/s1. The normalized spacial score (nSPS) is 25.5. The van der Waals surface area contributed by atoms with E-state index in [1.54, 1.807) is 0 Å². The van der Waals surface area contributed by atoms with Crippen LogP contribution in [0.4, 0.5) is 0 Å². The van der Waals surface area contributed by atoms with E-state index >= 15 is 0 Å². The molecule has 1 aromatic carbocycles. The van der Waals surface area contributed by atoms with Crippen molar-refractivity contribution < 1.29 is 4.79 Å². The van der Waals surface area contributed by atoms with Gasteiger partial charge < -0.3 is 4.90 Å². The van der Waals surface area contributed by atoms with Gasteiger partial charge in [0, 0.05) is 11.1 Å². The van der Waals surface area contributed by atoms with Crippen molar-refractivity contribution in [2.45, 2.75) is 37.8 Å². The summed E-state index contributed by atoms with van der Waals surface area (Å²) >= 11 is 6.11. The number of rotatable bonds is 2. The van der Waals surface area contributed by atoms with E-state index < -0.39 is 0 Å². The van der Waals surface area contributed by atoms with Crippen molar-refractivity contribution in [2.24, 2.45) is 0 Å². The summed E-state index contributed by atoms with van der Waals surface area (Å²) in [5.41, 5.74) is 0.929. The Morgan fingerprint density at radius 3 is 2.94 bits per heavy atom. The van der Waals surface area contributed by atoms with Gasteiger partial charge in [-0.3, -0.25) is 4.79 Å². The van der Waals surface area contributed by atoms with Crippen molar-refractivity contribution in [3.05, 3.63) is 47.0 Å². The number of hydrogen-bond donors (Lipinski definition) is 0. The molecule has 0 radical (unpaired) electrons. The van der Waals surface area contributed by atoms with E-state index in [2.05, 4.69) is 17.1 Å². The van der Waals surface area contributed by atoms with Crippen molar-refractivity contribution in [3.63, 3.8) is 0 Å². The minimum Gasteiger partial charge on any atom is -0.333 e. The quantitative estimate of drug-likeness (QED) is 0.749. The molecule has 1 saturated heterocycles. The predicted molar refractivity (Wildman–Crippen MR) is 72.6 cm³/mol. The predicted octanol–water partition coefficient (Wildman–Crippen LogP) is 3.20. The van der Waals surface area contributed by atoms with Gasteiger partial charge in [-0.2, -0.15) is 0 Å². The molecule has 0 saturated carbocycles. The van der Waals surface area contributed by atoms with Crippen LogP contribution in [0.15, 0.2) is 36.4 Å². The maximum Gasteiger partial charge on any atom is 0.227 e. The Labute approximate surface area is 112 Å². The molecule has 94 valence electrons. The topological polar surface area (TPSA) is 20.3 Å². The lowest BCUT2D eigenvalue weighted by atomic mass is 10.1. The van der Waals surface area contributed by atoms with E-state index in [-0.39, 0.29) is 5.91 Å². The number of halogens is 1. The first-order chi connectivity index (χ1) is 8.75. The van der Waals surface area contributed by atoms with Crippen LogP contribution < -0.4 is 0 Å². The van der Waals surface area contributed by atoms with Gasteiger partial charge in [-0.1, -0.05) is 42.0 Å². The monoisotopic (exact) mass is 261 g/mol. The van der Waals surface area contributed by atoms with Gasteiger partial charge in [-0.25, -0.2) is 0 Å². The summed E-state index contributed by atoms with van der Waals surface area (Å²) in [4.78, 5) is 14.5. The van der Waals surface area contributed by atoms with Gasteiger partial charge in [0.05, 0.1) is 12.5 Å². The first-order valence-electron chi connectivity index (χ1n) is 6.47. The average Bonchev–Trinajstić information content (AvgIpc) is 2.62. The van der Waals surface area contributed by atoms with Crippen LogP contribution >= 0.6 is 11.6 Å². The molecule has 1 aromatic rings. The molecule has 1 fully saturated rings. The zero-order chi connectivity index (χ0) is 12.5. The molecule has 0 aromatic heterocycles. The minimum absolute atomic E-state index is 0.208. The Balaban J connectivity index is 1.76. The Morgan fingerprint density at radius 2 is 2.17 bits per heavy atom. The highest BCUT2D eigenvalue weighted by Gasteiger charge is 2.36. The number of benzene rings is 1. The van der Waals surface area contributed by atoms with E-state index in [4.69, 9.17) is 11.6 Å². The van der Waals surface area contributed by atoms with E-state index in [1.807, 2.05) is 24.3 Å². The molecular weight excluding hydrogens is 246 g/mol. The summed E-state index contributed by atoms with van der Waals surface area (Å²) < 4.78 is 0. The third kappa shape index (κ3) is 2.05. The van der Waals surface area contributed by atoms with E-state index in [0.717, 1.165) is 24.8 Å². The smallest absolute Gasteiger partial charge is 0.227 e. The lowest BCUT2D eigenvalue weighted by Crippen LogP contribution is -2.42. The number of carbonyl (C=O) groups excluding carboxylic acids is 1. The molecule has 18 heavy (non-hydrogen) atoms. The third-order valence-electron chi connectivity index (χ3n) is 3.90. The summed E-state index contributed by atoms with van der Waals surface area (Å²) in [7, 11) is 0. The van der Waals surface area contributed by atoms with Gasteiger partial charge in [0.15, 0.2) is 0 Å². The van der Waals surface area contributed by atoms with Gasteiger partial charge in [0.25, 0.3) is 0 Å². The lowest BCUT2D eigenvalue weighted by Gasteiger charge is -2.31. The summed E-state index contributed by atoms with van der Waals surface area (Å²) in [5.74, 6) is 0.208. The molecule has 3 heteroatoms. The van der Waals surface area contributed by atoms with Crippen molar-refractivity contribution in [1.29, 1.82) is 0 Å². The molecule has 0 unspecified atom stereocenters. The number of amides is 1. The third-order valence-corrected chi connectivity index (χ3v) is 4.27. The van der Waals surface area contributed by atoms with Crippen LogP contribution in [0.1, 0.15) is 24.8 Å². The SMILES string of the molecule is O=C(Cc1ccccc1Cl)N1[C@H]2CC=C[C@H]1CC2. The molecule has 2 nitrogen and oxygen atoms in total. The van der Waals surface area contributed by atoms with E-state index in [0.29, 0.717) is 23.5 Å². The van der Waals surface area contributed by atoms with Gasteiger partial charge in [0.2, 0.25) is 5.91 Å². The fourth-order valence-electron chi connectivity index (χ4n) is 3.01. The molecule has 2 aliphatic heterocycles. The maximum atomic E-state index is 12.4. The molecule has 0 N–H and O–H groups in total. The maximum absolute atomic E-state index is 12.4. The van der Waals surface area contributed by atoms with Gasteiger partial charge in [-0.15, -0.1) is 0 Å². The zero-order valence-electron chi connectivity index (χ0n) is 10.2. The number of fused-ring (bicyclic) bond motifs is 2. The first-order valence-corrected chi connectivity index (χ1v) is 6.85. The second-order valence-corrected chi connectivity index (χ2v) is 5.44. The van der Waals surface area contributed by atoms with Gasteiger partial charge in [0.1, 0.15) is 0 Å². The summed E-state index contributed by atoms with van der Waals surface area (Å²) in [6.45, 7) is 0. The van der Waals surface area contributed by atoms with Crippen LogP contribution in [0.5, 0.6) is 0 Å². The largest absolute Gasteiger partial charge is 0.333 e. The summed E-state index contributed by atoms with van der Waals surface area (Å²) in [6.07, 6.45) is 8.04. The highest BCUT2D eigenvalue weighted by molar-refractivity contribution is 6.31. The fraction of sp³-hybridized carbons (Fsp3) is 0.400. The van der Waals surface area contributed by atoms with Crippen LogP contribution in [-0.4, -0.2) is 22.9 Å². The molecule has 1 amide bonds. The summed E-state index contributed by atoms with van der Waals surface area (Å²) in [6, 6.07) is 8.33. The number of carbonyl (C=O) groups is 1. The number of nitrogens with zero attached hydrogens (tertiary/aromatic N) is 1. The molecule has 0 aliphatic carbocycles. The van der Waals surface area contributed by atoms with Crippen LogP contribution in [0.25, 0.3) is 0 Å². The van der Waals surface area contributed by atoms with Crippen molar-refractivity contribution in [2.75, 3.05) is 0 Å². The molecule has 2 atom stereocenters. The second-order valence-electron chi connectivity index (χ2n) is 5.03. The highest BCUT2D eigenvalue weighted by Crippen LogP contribution is 2.32. The van der Waals surface area contributed by atoms with E-state index in [1.165, 1.54) is 0 Å². The summed E-state index contributed by atoms with van der Waals surface area (Å²) in [5, 5.41) is 0.686. The Kier molecular flexibility index (Phi) is 3.13. The van der Waals surface area contributed by atoms with Gasteiger partial charge >= 0.3 is 0 Å². The zero-order valence-corrected chi connectivity index (χ0v) is 10.9. The molecule has 0 spiro atoms. The second kappa shape index (κ2) is 4.77. The number of hydrogen-bond acceptors (Lipinski definition) is 1. The molecule has 2 heterocycles. The molecule has 2 aliphatic rings. The van der Waals surface area contributed by atoms with Gasteiger partial charge in [-0.05, 0) is 30.9 Å². The Morgan fingerprint density at radius 1 is 1.33 bits per heavy atom. The van der Waals surface area contributed by atoms with Crippen LogP contribution in [-0.2, 0) is 11.2 Å². The Bertz CT molecular complexity index is 497. The molecule has 3 rings (SSSR count). The molecular formula is C15H16ClNO. The van der Waals surface area contributed by atoms with E-state index in [9.17, 15) is 4.79 Å². The Hall–Kier alpha value is -1.28. The fourth-order valence-corrected chi connectivity index (χ4v) is 3.21. The lowest BCUT2D eigenvalue weighted by molar-refractivity contribution is -0.132. The minimum atomic E-state index is 0.208. The van der Waals surface area contributed by atoms with Crippen molar-refractivity contribution in [3.8, 4) is 0 Å². The van der Waals surface area contributed by atoms with Crippen molar-refractivity contribution >= 4 is 17.5 Å².